The van der Waals surface area contributed by atoms with Crippen molar-refractivity contribution in [2.75, 3.05) is 36.5 Å². The van der Waals surface area contributed by atoms with E-state index < -0.39 is 0 Å². The minimum absolute atomic E-state index is 0.339. The number of morpholine rings is 1. The summed E-state index contributed by atoms with van der Waals surface area (Å²) in [5, 5.41) is 10.3. The zero-order valence-electron chi connectivity index (χ0n) is 15.6. The molecule has 29 heavy (non-hydrogen) atoms. The van der Waals surface area contributed by atoms with Crippen molar-refractivity contribution in [1.29, 1.82) is 0 Å². The predicted octanol–water partition coefficient (Wildman–Crippen LogP) is 2.47. The van der Waals surface area contributed by atoms with Crippen LogP contribution >= 0.6 is 11.6 Å². The van der Waals surface area contributed by atoms with E-state index in [0.717, 1.165) is 24.5 Å². The van der Waals surface area contributed by atoms with Gasteiger partial charge >= 0.3 is 6.03 Å². The first-order chi connectivity index (χ1) is 14.2. The van der Waals surface area contributed by atoms with Crippen LogP contribution in [-0.4, -0.2) is 52.1 Å². The monoisotopic (exact) mass is 413 g/mol. The van der Waals surface area contributed by atoms with E-state index in [1.807, 2.05) is 12.1 Å². The Hall–Kier alpha value is -3.17. The first-order valence-electron chi connectivity index (χ1n) is 9.17. The lowest BCUT2D eigenvalue weighted by molar-refractivity contribution is 0.122. The number of urea groups is 1. The summed E-state index contributed by atoms with van der Waals surface area (Å²) in [6.45, 7) is 3.24. The molecule has 150 valence electrons. The van der Waals surface area contributed by atoms with Crippen LogP contribution in [0, 0.1) is 0 Å². The van der Waals surface area contributed by atoms with Gasteiger partial charge in [-0.2, -0.15) is 5.10 Å². The molecular weight excluding hydrogens is 394 g/mol. The highest BCUT2D eigenvalue weighted by Gasteiger charge is 2.17. The van der Waals surface area contributed by atoms with E-state index in [1.165, 1.54) is 17.3 Å². The maximum absolute atomic E-state index is 12.5. The minimum Gasteiger partial charge on any atom is -0.378 e. The maximum atomic E-state index is 12.5. The van der Waals surface area contributed by atoms with Gasteiger partial charge in [0.15, 0.2) is 0 Å². The van der Waals surface area contributed by atoms with E-state index in [2.05, 4.69) is 30.6 Å². The van der Waals surface area contributed by atoms with Crippen molar-refractivity contribution in [3.63, 3.8) is 0 Å². The second kappa shape index (κ2) is 8.89. The number of ether oxygens (including phenoxy) is 1. The van der Waals surface area contributed by atoms with Crippen LogP contribution in [0.3, 0.4) is 0 Å². The van der Waals surface area contributed by atoms with Crippen molar-refractivity contribution in [3.8, 4) is 5.69 Å². The fraction of sp³-hybridized carbons (Fsp3) is 0.263. The molecule has 2 N–H and O–H groups in total. The van der Waals surface area contributed by atoms with E-state index in [-0.39, 0.29) is 6.03 Å². The Bertz CT molecular complexity index is 974. The Morgan fingerprint density at radius 2 is 2.07 bits per heavy atom. The summed E-state index contributed by atoms with van der Waals surface area (Å²) in [6, 6.07) is 8.70. The molecule has 1 aliphatic heterocycles. The van der Waals surface area contributed by atoms with E-state index in [1.54, 1.807) is 24.4 Å². The number of para-hydroxylation sites is 1. The molecular formula is C19H20ClN7O2. The van der Waals surface area contributed by atoms with Crippen LogP contribution < -0.4 is 15.5 Å². The molecule has 0 atom stereocenters. The smallest absolute Gasteiger partial charge is 0.319 e. The Labute approximate surface area is 172 Å². The molecule has 1 saturated heterocycles. The van der Waals surface area contributed by atoms with Gasteiger partial charge in [-0.3, -0.25) is 0 Å². The molecule has 1 aromatic carbocycles. The van der Waals surface area contributed by atoms with Crippen LogP contribution in [0.2, 0.25) is 5.02 Å². The highest BCUT2D eigenvalue weighted by molar-refractivity contribution is 6.33. The fourth-order valence-electron chi connectivity index (χ4n) is 3.14. The number of carbonyl (C=O) groups excluding carboxylic acids is 1. The van der Waals surface area contributed by atoms with Crippen LogP contribution in [-0.2, 0) is 11.3 Å². The predicted molar refractivity (Wildman–Crippen MR) is 109 cm³/mol. The molecule has 2 aromatic heterocycles. The molecule has 0 bridgehead atoms. The van der Waals surface area contributed by atoms with Crippen molar-refractivity contribution < 1.29 is 9.53 Å². The van der Waals surface area contributed by atoms with Crippen molar-refractivity contribution in [2.24, 2.45) is 0 Å². The third kappa shape index (κ3) is 4.47. The average Bonchev–Trinajstić information content (AvgIpc) is 3.27. The number of anilines is 2. The van der Waals surface area contributed by atoms with Gasteiger partial charge in [-0.1, -0.05) is 23.7 Å². The summed E-state index contributed by atoms with van der Waals surface area (Å²) in [7, 11) is 0. The summed E-state index contributed by atoms with van der Waals surface area (Å²) >= 11 is 6.30. The molecule has 10 heteroatoms. The van der Waals surface area contributed by atoms with Crippen molar-refractivity contribution in [3.05, 3.63) is 59.8 Å². The lowest BCUT2D eigenvalue weighted by atomic mass is 10.2. The number of pyridine rings is 1. The fourth-order valence-corrected chi connectivity index (χ4v) is 3.40. The van der Waals surface area contributed by atoms with Gasteiger partial charge in [-0.25, -0.2) is 19.4 Å². The molecule has 3 aromatic rings. The number of hydrogen-bond acceptors (Lipinski definition) is 6. The number of halogens is 1. The highest BCUT2D eigenvalue weighted by atomic mass is 35.5. The van der Waals surface area contributed by atoms with Crippen LogP contribution in [0.5, 0.6) is 0 Å². The molecule has 4 rings (SSSR count). The molecule has 1 fully saturated rings. The summed E-state index contributed by atoms with van der Waals surface area (Å²) in [4.78, 5) is 23.1. The third-order valence-electron chi connectivity index (χ3n) is 4.50. The number of nitrogens with zero attached hydrogens (tertiary/aromatic N) is 5. The summed E-state index contributed by atoms with van der Waals surface area (Å²) in [5.41, 5.74) is 2.02. The lowest BCUT2D eigenvalue weighted by Crippen LogP contribution is -2.38. The zero-order valence-corrected chi connectivity index (χ0v) is 16.3. The SMILES string of the molecule is O=C(NCc1cccnc1N1CCOCC1)Nc1cccc(Cl)c1-n1cncn1. The molecule has 3 heterocycles. The highest BCUT2D eigenvalue weighted by Crippen LogP contribution is 2.27. The van der Waals surface area contributed by atoms with E-state index in [0.29, 0.717) is 36.2 Å². The van der Waals surface area contributed by atoms with Crippen molar-refractivity contribution in [1.82, 2.24) is 25.1 Å². The van der Waals surface area contributed by atoms with Gasteiger partial charge in [0.1, 0.15) is 24.2 Å². The van der Waals surface area contributed by atoms with Crippen molar-refractivity contribution in [2.45, 2.75) is 6.54 Å². The molecule has 0 spiro atoms. The van der Waals surface area contributed by atoms with E-state index >= 15 is 0 Å². The van der Waals surface area contributed by atoms with Gasteiger partial charge in [0.25, 0.3) is 0 Å². The van der Waals surface area contributed by atoms with Gasteiger partial charge in [0.05, 0.1) is 23.9 Å². The number of hydrogen-bond donors (Lipinski definition) is 2. The Morgan fingerprint density at radius 1 is 1.21 bits per heavy atom. The number of nitrogens with one attached hydrogen (secondary N) is 2. The Morgan fingerprint density at radius 3 is 2.86 bits per heavy atom. The molecule has 0 aliphatic carbocycles. The summed E-state index contributed by atoms with van der Waals surface area (Å²) in [5.74, 6) is 0.863. The molecule has 0 unspecified atom stereocenters. The van der Waals surface area contributed by atoms with Gasteiger partial charge in [-0.15, -0.1) is 0 Å². The number of benzene rings is 1. The average molecular weight is 414 g/mol. The normalized spacial score (nSPS) is 13.9. The van der Waals surface area contributed by atoms with E-state index in [4.69, 9.17) is 16.3 Å². The van der Waals surface area contributed by atoms with Crippen molar-refractivity contribution >= 4 is 29.1 Å². The van der Waals surface area contributed by atoms with Crippen LogP contribution in [0.15, 0.2) is 49.2 Å². The molecule has 2 amide bonds. The topological polar surface area (TPSA) is 97.2 Å². The van der Waals surface area contributed by atoms with Gasteiger partial charge in [0.2, 0.25) is 0 Å². The quantitative estimate of drug-likeness (QED) is 0.667. The zero-order chi connectivity index (χ0) is 20.1. The molecule has 0 saturated carbocycles. The largest absolute Gasteiger partial charge is 0.378 e. The van der Waals surface area contributed by atoms with E-state index in [9.17, 15) is 4.79 Å². The third-order valence-corrected chi connectivity index (χ3v) is 4.81. The molecule has 9 nitrogen and oxygen atoms in total. The standard InChI is InChI=1S/C19H20ClN7O2/c20-15-4-1-5-16(17(15)27-13-21-12-24-27)25-19(28)23-11-14-3-2-6-22-18(14)26-7-9-29-10-8-26/h1-6,12-13H,7-11H2,(H2,23,25,28). The summed E-state index contributed by atoms with van der Waals surface area (Å²) < 4.78 is 6.92. The Balaban J connectivity index is 1.45. The number of rotatable bonds is 5. The lowest BCUT2D eigenvalue weighted by Gasteiger charge is -2.29. The first-order valence-corrected chi connectivity index (χ1v) is 9.55. The van der Waals surface area contributed by atoms with Crippen LogP contribution in [0.4, 0.5) is 16.3 Å². The second-order valence-corrected chi connectivity index (χ2v) is 6.78. The Kier molecular flexibility index (Phi) is 5.87. The minimum atomic E-state index is -0.356. The van der Waals surface area contributed by atoms with Gasteiger partial charge < -0.3 is 20.3 Å². The van der Waals surface area contributed by atoms with Gasteiger partial charge in [0, 0.05) is 31.4 Å². The van der Waals surface area contributed by atoms with Gasteiger partial charge in [-0.05, 0) is 18.2 Å². The molecule has 0 radical (unpaired) electrons. The number of amides is 2. The first kappa shape index (κ1) is 19.2. The summed E-state index contributed by atoms with van der Waals surface area (Å²) in [6.07, 6.45) is 4.68. The van der Waals surface area contributed by atoms with Crippen LogP contribution in [0.25, 0.3) is 5.69 Å². The maximum Gasteiger partial charge on any atom is 0.319 e. The second-order valence-electron chi connectivity index (χ2n) is 6.37. The van der Waals surface area contributed by atoms with Crippen LogP contribution in [0.1, 0.15) is 5.56 Å². The number of carbonyl (C=O) groups is 1. The molecule has 1 aliphatic rings. The number of aromatic nitrogens is 4.